The predicted octanol–water partition coefficient (Wildman–Crippen LogP) is 2.90. The number of hydrogen-bond acceptors (Lipinski definition) is 5. The van der Waals surface area contributed by atoms with Gasteiger partial charge in [-0.25, -0.2) is 8.78 Å². The Kier molecular flexibility index (Phi) is 3.88. The van der Waals surface area contributed by atoms with Crippen LogP contribution in [0.2, 0.25) is 0 Å². The SMILES string of the molecule is O=[N+]([O-])c1cc(F)cc(F)c1NCc1cccc(O)c1O. The summed E-state index contributed by atoms with van der Waals surface area (Å²) in [6.07, 6.45) is 0. The van der Waals surface area contributed by atoms with Crippen molar-refractivity contribution in [2.24, 2.45) is 0 Å². The third-order valence-electron chi connectivity index (χ3n) is 2.78. The van der Waals surface area contributed by atoms with Gasteiger partial charge in [0.05, 0.1) is 11.0 Å². The van der Waals surface area contributed by atoms with E-state index in [-0.39, 0.29) is 17.9 Å². The fourth-order valence-corrected chi connectivity index (χ4v) is 1.78. The second kappa shape index (κ2) is 5.61. The minimum absolute atomic E-state index is 0.191. The normalized spacial score (nSPS) is 10.4. The summed E-state index contributed by atoms with van der Waals surface area (Å²) in [6.45, 7) is -0.191. The molecular formula is C13H10F2N2O4. The maximum Gasteiger partial charge on any atom is 0.298 e. The van der Waals surface area contributed by atoms with Crippen LogP contribution in [0.25, 0.3) is 0 Å². The first kappa shape index (κ1) is 14.5. The number of hydrogen-bond donors (Lipinski definition) is 3. The van der Waals surface area contributed by atoms with Gasteiger partial charge in [0.25, 0.3) is 5.69 Å². The van der Waals surface area contributed by atoms with Crippen LogP contribution in [0, 0.1) is 21.7 Å². The first-order chi connectivity index (χ1) is 9.90. The van der Waals surface area contributed by atoms with Crippen molar-refractivity contribution in [1.82, 2.24) is 0 Å². The number of anilines is 1. The van der Waals surface area contributed by atoms with Gasteiger partial charge in [-0.3, -0.25) is 10.1 Å². The lowest BCUT2D eigenvalue weighted by Gasteiger charge is -2.10. The average Bonchev–Trinajstić information content (AvgIpc) is 2.41. The van der Waals surface area contributed by atoms with Gasteiger partial charge in [-0.15, -0.1) is 0 Å². The van der Waals surface area contributed by atoms with Crippen LogP contribution in [-0.4, -0.2) is 15.1 Å². The molecule has 3 N–H and O–H groups in total. The number of para-hydroxylation sites is 1. The molecule has 0 aromatic heterocycles. The van der Waals surface area contributed by atoms with Crippen LogP contribution < -0.4 is 5.32 Å². The first-order valence-corrected chi connectivity index (χ1v) is 5.77. The van der Waals surface area contributed by atoms with E-state index in [1.54, 1.807) is 0 Å². The highest BCUT2D eigenvalue weighted by Crippen LogP contribution is 2.32. The van der Waals surface area contributed by atoms with E-state index in [2.05, 4.69) is 5.32 Å². The number of nitrogens with zero attached hydrogens (tertiary/aromatic N) is 1. The van der Waals surface area contributed by atoms with Crippen molar-refractivity contribution in [3.05, 3.63) is 57.6 Å². The Morgan fingerprint density at radius 1 is 1.24 bits per heavy atom. The molecule has 0 radical (unpaired) electrons. The van der Waals surface area contributed by atoms with E-state index in [4.69, 9.17) is 0 Å². The van der Waals surface area contributed by atoms with E-state index in [0.717, 1.165) is 0 Å². The maximum absolute atomic E-state index is 13.6. The molecule has 110 valence electrons. The number of nitrogens with one attached hydrogen (secondary N) is 1. The number of halogens is 2. The molecule has 0 heterocycles. The molecule has 0 aliphatic heterocycles. The summed E-state index contributed by atoms with van der Waals surface area (Å²) in [4.78, 5) is 9.88. The quantitative estimate of drug-likeness (QED) is 0.458. The Hall–Kier alpha value is -2.90. The topological polar surface area (TPSA) is 95.6 Å². The van der Waals surface area contributed by atoms with Gasteiger partial charge in [0, 0.05) is 18.2 Å². The van der Waals surface area contributed by atoms with E-state index < -0.39 is 33.7 Å². The van der Waals surface area contributed by atoms with Crippen molar-refractivity contribution in [2.45, 2.75) is 6.54 Å². The van der Waals surface area contributed by atoms with Crippen molar-refractivity contribution in [3.8, 4) is 11.5 Å². The third kappa shape index (κ3) is 2.99. The number of aromatic hydroxyl groups is 2. The number of phenolic OH excluding ortho intramolecular Hbond substituents is 2. The zero-order chi connectivity index (χ0) is 15.6. The second-order valence-electron chi connectivity index (χ2n) is 4.18. The van der Waals surface area contributed by atoms with Gasteiger partial charge in [-0.05, 0) is 6.07 Å². The summed E-state index contributed by atoms with van der Waals surface area (Å²) in [5, 5.41) is 32.1. The number of benzene rings is 2. The molecule has 21 heavy (non-hydrogen) atoms. The third-order valence-corrected chi connectivity index (χ3v) is 2.78. The molecule has 2 rings (SSSR count). The molecule has 0 aliphatic carbocycles. The molecule has 0 amide bonds. The lowest BCUT2D eigenvalue weighted by Crippen LogP contribution is -2.05. The average molecular weight is 296 g/mol. The van der Waals surface area contributed by atoms with Gasteiger partial charge in [0.1, 0.15) is 11.5 Å². The van der Waals surface area contributed by atoms with Crippen LogP contribution in [0.3, 0.4) is 0 Å². The van der Waals surface area contributed by atoms with Crippen molar-refractivity contribution in [3.63, 3.8) is 0 Å². The number of nitro benzene ring substituents is 1. The standard InChI is InChI=1S/C13H10F2N2O4/c14-8-4-9(15)12(10(5-8)17(20)21)16-6-7-2-1-3-11(18)13(7)19/h1-5,16,18-19H,6H2. The number of phenols is 2. The lowest BCUT2D eigenvalue weighted by molar-refractivity contribution is -0.384. The van der Waals surface area contributed by atoms with E-state index in [1.165, 1.54) is 18.2 Å². The molecule has 8 heteroatoms. The first-order valence-electron chi connectivity index (χ1n) is 5.77. The Morgan fingerprint density at radius 3 is 2.62 bits per heavy atom. The van der Waals surface area contributed by atoms with E-state index >= 15 is 0 Å². The molecule has 0 unspecified atom stereocenters. The van der Waals surface area contributed by atoms with Crippen molar-refractivity contribution < 1.29 is 23.9 Å². The summed E-state index contributed by atoms with van der Waals surface area (Å²) >= 11 is 0. The largest absolute Gasteiger partial charge is 0.504 e. The van der Waals surface area contributed by atoms with Gasteiger partial charge in [-0.2, -0.15) is 0 Å². The predicted molar refractivity (Wildman–Crippen MR) is 70.1 cm³/mol. The molecule has 0 atom stereocenters. The summed E-state index contributed by atoms with van der Waals surface area (Å²) in [5.74, 6) is -2.98. The summed E-state index contributed by atoms with van der Waals surface area (Å²) < 4.78 is 26.6. The molecule has 2 aromatic carbocycles. The molecule has 0 aliphatic rings. The van der Waals surface area contributed by atoms with Crippen molar-refractivity contribution >= 4 is 11.4 Å². The van der Waals surface area contributed by atoms with E-state index in [1.807, 2.05) is 0 Å². The summed E-state index contributed by atoms with van der Waals surface area (Å²) in [5.41, 5.74) is -1.05. The van der Waals surface area contributed by atoms with Gasteiger partial charge in [0.15, 0.2) is 17.3 Å². The maximum atomic E-state index is 13.6. The van der Waals surface area contributed by atoms with E-state index in [9.17, 15) is 29.1 Å². The van der Waals surface area contributed by atoms with Crippen molar-refractivity contribution in [1.29, 1.82) is 0 Å². The lowest BCUT2D eigenvalue weighted by atomic mass is 10.1. The fraction of sp³-hybridized carbons (Fsp3) is 0.0769. The Labute approximate surface area is 117 Å². The van der Waals surface area contributed by atoms with E-state index in [0.29, 0.717) is 12.1 Å². The molecule has 6 nitrogen and oxygen atoms in total. The van der Waals surface area contributed by atoms with Gasteiger partial charge >= 0.3 is 0 Å². The number of rotatable bonds is 4. The minimum atomic E-state index is -1.12. The Balaban J connectivity index is 2.32. The summed E-state index contributed by atoms with van der Waals surface area (Å²) in [6, 6.07) is 5.24. The van der Waals surface area contributed by atoms with Gasteiger partial charge < -0.3 is 15.5 Å². The zero-order valence-corrected chi connectivity index (χ0v) is 10.5. The van der Waals surface area contributed by atoms with Crippen LogP contribution >= 0.6 is 0 Å². The molecular weight excluding hydrogens is 286 g/mol. The fourth-order valence-electron chi connectivity index (χ4n) is 1.78. The minimum Gasteiger partial charge on any atom is -0.504 e. The molecule has 2 aromatic rings. The number of nitro groups is 1. The molecule has 0 saturated carbocycles. The van der Waals surface area contributed by atoms with Crippen LogP contribution in [0.5, 0.6) is 11.5 Å². The highest BCUT2D eigenvalue weighted by atomic mass is 19.1. The van der Waals surface area contributed by atoms with Crippen LogP contribution in [0.4, 0.5) is 20.2 Å². The smallest absolute Gasteiger partial charge is 0.298 e. The summed E-state index contributed by atoms with van der Waals surface area (Å²) in [7, 11) is 0. The molecule has 0 fully saturated rings. The van der Waals surface area contributed by atoms with Gasteiger partial charge in [0.2, 0.25) is 0 Å². The van der Waals surface area contributed by atoms with Crippen LogP contribution in [0.15, 0.2) is 30.3 Å². The monoisotopic (exact) mass is 296 g/mol. The van der Waals surface area contributed by atoms with Crippen LogP contribution in [0.1, 0.15) is 5.56 Å². The second-order valence-corrected chi connectivity index (χ2v) is 4.18. The van der Waals surface area contributed by atoms with Gasteiger partial charge in [-0.1, -0.05) is 12.1 Å². The Morgan fingerprint density at radius 2 is 1.95 bits per heavy atom. The van der Waals surface area contributed by atoms with Crippen LogP contribution in [-0.2, 0) is 6.54 Å². The zero-order valence-electron chi connectivity index (χ0n) is 10.5. The molecule has 0 spiro atoms. The molecule has 0 saturated heterocycles. The highest BCUT2D eigenvalue weighted by molar-refractivity contribution is 5.63. The Bertz CT molecular complexity index is 707. The van der Waals surface area contributed by atoms with Crippen molar-refractivity contribution in [2.75, 3.05) is 5.32 Å². The highest BCUT2D eigenvalue weighted by Gasteiger charge is 2.20. The molecule has 0 bridgehead atoms.